The highest BCUT2D eigenvalue weighted by Crippen LogP contribution is 2.39. The summed E-state index contributed by atoms with van der Waals surface area (Å²) in [5.41, 5.74) is 14.7. The van der Waals surface area contributed by atoms with Crippen LogP contribution in [0.4, 0.5) is 0 Å². The average molecular weight is 718 g/mol. The van der Waals surface area contributed by atoms with Crippen molar-refractivity contribution in [3.8, 4) is 78.7 Å². The van der Waals surface area contributed by atoms with Gasteiger partial charge in [-0.1, -0.05) is 175 Å². The molecule has 10 aromatic rings. The molecule has 0 saturated carbocycles. The molecule has 4 nitrogen and oxygen atoms in total. The Kier molecular flexibility index (Phi) is 8.34. The molecule has 8 aromatic carbocycles. The van der Waals surface area contributed by atoms with Crippen LogP contribution in [0, 0.1) is 6.92 Å². The molecular weight excluding hydrogens is 683 g/mol. The van der Waals surface area contributed by atoms with E-state index in [-0.39, 0.29) is 0 Å². The Morgan fingerprint density at radius 1 is 0.321 bits per heavy atom. The smallest absolute Gasteiger partial charge is 0.164 e. The van der Waals surface area contributed by atoms with Gasteiger partial charge in [0.2, 0.25) is 0 Å². The maximum Gasteiger partial charge on any atom is 0.164 e. The summed E-state index contributed by atoms with van der Waals surface area (Å²) >= 11 is 0. The summed E-state index contributed by atoms with van der Waals surface area (Å²) < 4.78 is 6.56. The molecule has 0 aliphatic rings. The highest BCUT2D eigenvalue weighted by molar-refractivity contribution is 6.13. The van der Waals surface area contributed by atoms with E-state index >= 15 is 0 Å². The van der Waals surface area contributed by atoms with Crippen molar-refractivity contribution in [2.24, 2.45) is 0 Å². The van der Waals surface area contributed by atoms with Gasteiger partial charge in [-0.05, 0) is 75.7 Å². The van der Waals surface area contributed by atoms with Crippen LogP contribution < -0.4 is 0 Å². The quantitative estimate of drug-likeness (QED) is 0.165. The van der Waals surface area contributed by atoms with Gasteiger partial charge in [0.15, 0.2) is 17.5 Å². The summed E-state index contributed by atoms with van der Waals surface area (Å²) in [7, 11) is 0. The first-order valence-electron chi connectivity index (χ1n) is 18.8. The normalized spacial score (nSPS) is 11.3. The lowest BCUT2D eigenvalue weighted by atomic mass is 9.96. The lowest BCUT2D eigenvalue weighted by Gasteiger charge is -2.10. The van der Waals surface area contributed by atoms with Gasteiger partial charge in [-0.25, -0.2) is 15.0 Å². The molecule has 2 aromatic heterocycles. The van der Waals surface area contributed by atoms with Gasteiger partial charge in [0.1, 0.15) is 11.2 Å². The van der Waals surface area contributed by atoms with E-state index in [0.717, 1.165) is 72.0 Å². The molecule has 0 unspecified atom stereocenters. The van der Waals surface area contributed by atoms with Crippen molar-refractivity contribution >= 4 is 21.9 Å². The molecule has 0 N–H and O–H groups in total. The summed E-state index contributed by atoms with van der Waals surface area (Å²) in [5.74, 6) is 1.80. The average Bonchev–Trinajstić information content (AvgIpc) is 3.66. The minimum Gasteiger partial charge on any atom is -0.456 e. The molecule has 0 fully saturated rings. The van der Waals surface area contributed by atoms with E-state index in [2.05, 4.69) is 183 Å². The minimum absolute atomic E-state index is 0.581. The van der Waals surface area contributed by atoms with E-state index < -0.39 is 0 Å². The van der Waals surface area contributed by atoms with Gasteiger partial charge in [-0.3, -0.25) is 0 Å². The van der Waals surface area contributed by atoms with E-state index in [1.54, 1.807) is 0 Å². The number of rotatable bonds is 7. The van der Waals surface area contributed by atoms with Gasteiger partial charge < -0.3 is 4.42 Å². The zero-order valence-corrected chi connectivity index (χ0v) is 30.7. The van der Waals surface area contributed by atoms with Gasteiger partial charge >= 0.3 is 0 Å². The molecule has 10 rings (SSSR count). The number of furan rings is 1. The van der Waals surface area contributed by atoms with Crippen LogP contribution in [-0.2, 0) is 0 Å². The summed E-state index contributed by atoms with van der Waals surface area (Å²) in [5, 5.41) is 2.13. The van der Waals surface area contributed by atoms with Crippen molar-refractivity contribution in [1.82, 2.24) is 15.0 Å². The summed E-state index contributed by atoms with van der Waals surface area (Å²) in [6.45, 7) is 2.10. The Bertz CT molecular complexity index is 2990. The zero-order valence-electron chi connectivity index (χ0n) is 30.7. The monoisotopic (exact) mass is 717 g/mol. The van der Waals surface area contributed by atoms with Crippen LogP contribution in [0.1, 0.15) is 5.56 Å². The number of nitrogens with zero attached hydrogens (tertiary/aromatic N) is 3. The zero-order chi connectivity index (χ0) is 37.4. The number of hydrogen-bond donors (Lipinski definition) is 0. The number of fused-ring (bicyclic) bond motifs is 3. The maximum absolute atomic E-state index is 6.56. The number of benzene rings is 8. The van der Waals surface area contributed by atoms with Gasteiger partial charge in [0.05, 0.1) is 0 Å². The fourth-order valence-corrected chi connectivity index (χ4v) is 7.47. The topological polar surface area (TPSA) is 51.8 Å². The van der Waals surface area contributed by atoms with Crippen molar-refractivity contribution in [2.45, 2.75) is 6.92 Å². The fraction of sp³-hybridized carbons (Fsp3) is 0.0192. The molecule has 2 heterocycles. The van der Waals surface area contributed by atoms with Gasteiger partial charge in [0, 0.05) is 27.5 Å². The van der Waals surface area contributed by atoms with E-state index in [1.165, 1.54) is 16.7 Å². The molecule has 0 bridgehead atoms. The van der Waals surface area contributed by atoms with Crippen LogP contribution in [0.3, 0.4) is 0 Å². The van der Waals surface area contributed by atoms with Crippen molar-refractivity contribution in [1.29, 1.82) is 0 Å². The molecule has 0 amide bonds. The van der Waals surface area contributed by atoms with Crippen molar-refractivity contribution in [3.63, 3.8) is 0 Å². The fourth-order valence-electron chi connectivity index (χ4n) is 7.47. The van der Waals surface area contributed by atoms with Crippen molar-refractivity contribution in [3.05, 3.63) is 200 Å². The maximum atomic E-state index is 6.56. The first-order valence-corrected chi connectivity index (χ1v) is 18.8. The third-order valence-corrected chi connectivity index (χ3v) is 10.4. The number of aromatic nitrogens is 3. The predicted octanol–water partition coefficient (Wildman–Crippen LogP) is 13.7. The largest absolute Gasteiger partial charge is 0.456 e. The number of aryl methyl sites for hydroxylation is 1. The van der Waals surface area contributed by atoms with Gasteiger partial charge in [-0.2, -0.15) is 0 Å². The molecule has 0 radical (unpaired) electrons. The lowest BCUT2D eigenvalue weighted by Crippen LogP contribution is -2.00. The standard InChI is InChI=1S/C52H35N3O/c1-34-18-20-39(21-19-34)42-14-8-15-43(32-42)51-53-50(41-28-24-38(25-29-41)36-12-6-3-7-13-36)54-52(55-51)44-30-31-46-48(33-44)56-47-17-9-16-45(49(46)47)40-26-22-37(23-27-40)35-10-4-2-5-11-35/h2-33H,1H3. The van der Waals surface area contributed by atoms with Crippen LogP contribution >= 0.6 is 0 Å². The van der Waals surface area contributed by atoms with Crippen LogP contribution in [0.5, 0.6) is 0 Å². The SMILES string of the molecule is Cc1ccc(-c2cccc(-c3nc(-c4ccc(-c5ccccc5)cc4)nc(-c4ccc5c(c4)oc4cccc(-c6ccc(-c7ccccc7)cc6)c45)n3)c2)cc1. The highest BCUT2D eigenvalue weighted by Gasteiger charge is 2.17. The second-order valence-corrected chi connectivity index (χ2v) is 14.1. The minimum atomic E-state index is 0.581. The molecule has 264 valence electrons. The lowest BCUT2D eigenvalue weighted by molar-refractivity contribution is 0.669. The van der Waals surface area contributed by atoms with Crippen molar-refractivity contribution < 1.29 is 4.42 Å². The molecule has 0 aliphatic carbocycles. The third kappa shape index (κ3) is 6.33. The molecule has 0 saturated heterocycles. The van der Waals surface area contributed by atoms with Gasteiger partial charge in [-0.15, -0.1) is 0 Å². The molecule has 56 heavy (non-hydrogen) atoms. The summed E-state index contributed by atoms with van der Waals surface area (Å²) in [6, 6.07) is 67.6. The Balaban J connectivity index is 1.07. The molecule has 0 atom stereocenters. The van der Waals surface area contributed by atoms with E-state index in [9.17, 15) is 0 Å². The Morgan fingerprint density at radius 2 is 0.768 bits per heavy atom. The molecule has 0 aliphatic heterocycles. The van der Waals surface area contributed by atoms with Crippen molar-refractivity contribution in [2.75, 3.05) is 0 Å². The Morgan fingerprint density at radius 3 is 1.41 bits per heavy atom. The summed E-state index contributed by atoms with van der Waals surface area (Å²) in [4.78, 5) is 15.3. The van der Waals surface area contributed by atoms with E-state index in [1.807, 2.05) is 18.2 Å². The summed E-state index contributed by atoms with van der Waals surface area (Å²) in [6.07, 6.45) is 0. The first-order chi connectivity index (χ1) is 27.6. The van der Waals surface area contributed by atoms with Gasteiger partial charge in [0.25, 0.3) is 0 Å². The Labute approximate surface area is 325 Å². The highest BCUT2D eigenvalue weighted by atomic mass is 16.3. The predicted molar refractivity (Wildman–Crippen MR) is 230 cm³/mol. The van der Waals surface area contributed by atoms with E-state index in [4.69, 9.17) is 19.4 Å². The molecule has 4 heteroatoms. The second kappa shape index (κ2) is 14.1. The van der Waals surface area contributed by atoms with E-state index in [0.29, 0.717) is 17.5 Å². The van der Waals surface area contributed by atoms with Crippen LogP contribution in [0.15, 0.2) is 199 Å². The molecule has 0 spiro atoms. The van der Waals surface area contributed by atoms with Crippen LogP contribution in [-0.4, -0.2) is 15.0 Å². The van der Waals surface area contributed by atoms with Crippen LogP contribution in [0.25, 0.3) is 101 Å². The number of hydrogen-bond acceptors (Lipinski definition) is 4. The third-order valence-electron chi connectivity index (χ3n) is 10.4. The Hall–Kier alpha value is -7.43. The van der Waals surface area contributed by atoms with Crippen LogP contribution in [0.2, 0.25) is 0 Å². The first kappa shape index (κ1) is 33.2. The second-order valence-electron chi connectivity index (χ2n) is 14.1. The molecular formula is C52H35N3O.